The molecule has 0 bridgehead atoms. The fourth-order valence-electron chi connectivity index (χ4n) is 4.40. The molecule has 1 unspecified atom stereocenters. The first-order valence-corrected chi connectivity index (χ1v) is 14.5. The van der Waals surface area contributed by atoms with Crippen LogP contribution in [0.4, 0.5) is 11.4 Å². The minimum absolute atomic E-state index is 0.0845. The van der Waals surface area contributed by atoms with Crippen molar-refractivity contribution in [2.45, 2.75) is 17.1 Å². The number of carbonyl (C=O) groups is 3. The molecule has 1 heterocycles. The van der Waals surface area contributed by atoms with E-state index in [4.69, 9.17) is 4.74 Å². The van der Waals surface area contributed by atoms with Crippen LogP contribution in [-0.2, 0) is 9.59 Å². The van der Waals surface area contributed by atoms with Crippen molar-refractivity contribution in [2.24, 2.45) is 0 Å². The summed E-state index contributed by atoms with van der Waals surface area (Å²) in [5.41, 5.74) is 3.30. The molecule has 0 saturated heterocycles. The van der Waals surface area contributed by atoms with Gasteiger partial charge in [-0.15, -0.1) is 11.8 Å². The fourth-order valence-corrected chi connectivity index (χ4v) is 5.32. The van der Waals surface area contributed by atoms with Crippen molar-refractivity contribution in [2.75, 3.05) is 17.7 Å². The van der Waals surface area contributed by atoms with Gasteiger partial charge in [-0.2, -0.15) is 0 Å². The van der Waals surface area contributed by atoms with Crippen LogP contribution >= 0.6 is 11.8 Å². The van der Waals surface area contributed by atoms with Gasteiger partial charge in [0.2, 0.25) is 5.91 Å². The smallest absolute Gasteiger partial charge is 0.272 e. The summed E-state index contributed by atoms with van der Waals surface area (Å²) in [7, 11) is 1.55. The number of carbonyl (C=O) groups excluding carboxylic acids is 3. The number of hydrogen-bond donors (Lipinski definition) is 4. The van der Waals surface area contributed by atoms with Gasteiger partial charge < -0.3 is 25.7 Å². The van der Waals surface area contributed by atoms with Gasteiger partial charge in [-0.1, -0.05) is 54.6 Å². The Kier molecular flexibility index (Phi) is 9.23. The quantitative estimate of drug-likeness (QED) is 0.107. The van der Waals surface area contributed by atoms with Gasteiger partial charge in [-0.05, 0) is 61.5 Å². The summed E-state index contributed by atoms with van der Waals surface area (Å²) < 4.78 is 5.32. The Labute approximate surface area is 253 Å². The molecule has 0 radical (unpaired) electrons. The molecular weight excluding hydrogens is 560 g/mol. The van der Waals surface area contributed by atoms with E-state index in [1.165, 1.54) is 11.8 Å². The van der Waals surface area contributed by atoms with Crippen LogP contribution in [0.15, 0.2) is 120 Å². The molecule has 1 aromatic heterocycles. The molecule has 3 amide bonds. The van der Waals surface area contributed by atoms with Gasteiger partial charge in [0, 0.05) is 38.8 Å². The van der Waals surface area contributed by atoms with Crippen LogP contribution in [0.5, 0.6) is 5.75 Å². The van der Waals surface area contributed by atoms with Crippen LogP contribution in [0.2, 0.25) is 0 Å². The molecule has 9 heteroatoms. The summed E-state index contributed by atoms with van der Waals surface area (Å²) >= 11 is 1.35. The van der Waals surface area contributed by atoms with Crippen molar-refractivity contribution in [1.29, 1.82) is 0 Å². The van der Waals surface area contributed by atoms with Gasteiger partial charge in [0.05, 0.1) is 18.0 Å². The van der Waals surface area contributed by atoms with Crippen molar-refractivity contribution in [3.8, 4) is 5.75 Å². The van der Waals surface area contributed by atoms with E-state index < -0.39 is 17.1 Å². The Morgan fingerprint density at radius 2 is 1.60 bits per heavy atom. The summed E-state index contributed by atoms with van der Waals surface area (Å²) in [6.07, 6.45) is 3.44. The third-order valence-corrected chi connectivity index (χ3v) is 7.68. The maximum absolute atomic E-state index is 13.6. The molecule has 0 aliphatic carbocycles. The van der Waals surface area contributed by atoms with Gasteiger partial charge in [0.25, 0.3) is 11.8 Å². The van der Waals surface area contributed by atoms with Crippen molar-refractivity contribution in [3.05, 3.63) is 126 Å². The predicted octanol–water partition coefficient (Wildman–Crippen LogP) is 6.71. The first-order valence-electron chi connectivity index (χ1n) is 13.6. The number of H-pyrrole nitrogens is 1. The average Bonchev–Trinajstić information content (AvgIpc) is 3.44. The number of para-hydroxylation sites is 3. The highest BCUT2D eigenvalue weighted by atomic mass is 32.2. The van der Waals surface area contributed by atoms with E-state index in [0.29, 0.717) is 22.7 Å². The standard InChI is InChI=1S/C34H30N4O4S/c1-22(32(39)37-29-17-8-9-18-31(29)42-2)43-26-14-10-13-25(20-26)36-34(41)30(38-33(40)23-11-4-3-5-12-23)19-24-21-35-28-16-7-6-15-27(24)28/h3-22,35H,1-2H3,(H,36,41)(H,37,39)(H,38,40)/b30-19-. The van der Waals surface area contributed by atoms with Crippen LogP contribution in [0.3, 0.4) is 0 Å². The van der Waals surface area contributed by atoms with Crippen LogP contribution < -0.4 is 20.7 Å². The SMILES string of the molecule is COc1ccccc1NC(=O)C(C)Sc1cccc(NC(=O)/C(=C/c2c[nH]c3ccccc23)NC(=O)c2ccccc2)c1. The summed E-state index contributed by atoms with van der Waals surface area (Å²) in [6.45, 7) is 1.81. The number of fused-ring (bicyclic) bond motifs is 1. The van der Waals surface area contributed by atoms with Gasteiger partial charge >= 0.3 is 0 Å². The molecule has 43 heavy (non-hydrogen) atoms. The van der Waals surface area contributed by atoms with Crippen LogP contribution in [0, 0.1) is 0 Å². The first kappa shape index (κ1) is 29.2. The molecular formula is C34H30N4O4S. The van der Waals surface area contributed by atoms with Crippen molar-refractivity contribution < 1.29 is 19.1 Å². The second-order valence-corrected chi connectivity index (χ2v) is 11.0. The molecule has 0 aliphatic rings. The minimum Gasteiger partial charge on any atom is -0.495 e. The number of rotatable bonds is 10. The molecule has 0 aliphatic heterocycles. The van der Waals surface area contributed by atoms with Gasteiger partial charge in [0.1, 0.15) is 11.4 Å². The van der Waals surface area contributed by atoms with Crippen molar-refractivity contribution in [1.82, 2.24) is 10.3 Å². The maximum atomic E-state index is 13.6. The zero-order valence-corrected chi connectivity index (χ0v) is 24.4. The number of anilines is 2. The van der Waals surface area contributed by atoms with Crippen molar-refractivity contribution in [3.63, 3.8) is 0 Å². The Morgan fingerprint density at radius 1 is 0.860 bits per heavy atom. The van der Waals surface area contributed by atoms with E-state index in [9.17, 15) is 14.4 Å². The van der Waals surface area contributed by atoms with E-state index in [-0.39, 0.29) is 11.6 Å². The molecule has 5 rings (SSSR count). The molecule has 0 spiro atoms. The summed E-state index contributed by atoms with van der Waals surface area (Å²) in [6, 6.07) is 30.9. The number of aromatic amines is 1. The highest BCUT2D eigenvalue weighted by molar-refractivity contribution is 8.00. The van der Waals surface area contributed by atoms with Crippen LogP contribution in [-0.4, -0.2) is 35.1 Å². The Morgan fingerprint density at radius 3 is 2.42 bits per heavy atom. The monoisotopic (exact) mass is 590 g/mol. The predicted molar refractivity (Wildman–Crippen MR) is 172 cm³/mol. The van der Waals surface area contributed by atoms with E-state index in [2.05, 4.69) is 20.9 Å². The van der Waals surface area contributed by atoms with E-state index in [0.717, 1.165) is 21.4 Å². The molecule has 1 atom stereocenters. The molecule has 0 fully saturated rings. The lowest BCUT2D eigenvalue weighted by molar-refractivity contribution is -0.115. The summed E-state index contributed by atoms with van der Waals surface area (Å²) in [5.74, 6) is -0.496. The molecule has 4 N–H and O–H groups in total. The fraction of sp³-hybridized carbons (Fsp3) is 0.0882. The van der Waals surface area contributed by atoms with E-state index >= 15 is 0 Å². The van der Waals surface area contributed by atoms with E-state index in [1.54, 1.807) is 74.0 Å². The number of methoxy groups -OCH3 is 1. The third-order valence-electron chi connectivity index (χ3n) is 6.59. The second kappa shape index (κ2) is 13.6. The highest BCUT2D eigenvalue weighted by Crippen LogP contribution is 2.29. The summed E-state index contributed by atoms with van der Waals surface area (Å²) in [4.78, 5) is 43.5. The van der Waals surface area contributed by atoms with Crippen LogP contribution in [0.25, 0.3) is 17.0 Å². The van der Waals surface area contributed by atoms with Crippen molar-refractivity contribution >= 4 is 57.8 Å². The Hall–Kier alpha value is -5.28. The van der Waals surface area contributed by atoms with Crippen LogP contribution in [0.1, 0.15) is 22.8 Å². The largest absolute Gasteiger partial charge is 0.495 e. The second-order valence-electron chi connectivity index (χ2n) is 9.60. The zero-order chi connectivity index (χ0) is 30.2. The van der Waals surface area contributed by atoms with Gasteiger partial charge in [-0.3, -0.25) is 14.4 Å². The molecule has 4 aromatic carbocycles. The lowest BCUT2D eigenvalue weighted by Gasteiger charge is -2.15. The van der Waals surface area contributed by atoms with E-state index in [1.807, 2.05) is 55.5 Å². The lowest BCUT2D eigenvalue weighted by Crippen LogP contribution is -2.30. The topological polar surface area (TPSA) is 112 Å². The number of hydrogen-bond acceptors (Lipinski definition) is 5. The third kappa shape index (κ3) is 7.33. The Bertz CT molecular complexity index is 1800. The maximum Gasteiger partial charge on any atom is 0.272 e. The van der Waals surface area contributed by atoms with Gasteiger partial charge in [-0.25, -0.2) is 0 Å². The number of ether oxygens (including phenoxy) is 1. The average molecular weight is 591 g/mol. The zero-order valence-electron chi connectivity index (χ0n) is 23.6. The number of aromatic nitrogens is 1. The van der Waals surface area contributed by atoms with Gasteiger partial charge in [0.15, 0.2) is 0 Å². The highest BCUT2D eigenvalue weighted by Gasteiger charge is 2.18. The molecule has 0 saturated carbocycles. The number of thioether (sulfide) groups is 1. The summed E-state index contributed by atoms with van der Waals surface area (Å²) in [5, 5.41) is 9.06. The number of benzene rings is 4. The first-order chi connectivity index (χ1) is 20.9. The number of nitrogens with one attached hydrogen (secondary N) is 4. The minimum atomic E-state index is -0.487. The number of amides is 3. The lowest BCUT2D eigenvalue weighted by atomic mass is 10.1. The Balaban J connectivity index is 1.33. The molecule has 8 nitrogen and oxygen atoms in total. The molecule has 216 valence electrons. The molecule has 5 aromatic rings. The normalized spacial score (nSPS) is 11.9.